The first-order chi connectivity index (χ1) is 22.3. The number of pyridine rings is 1. The summed E-state index contributed by atoms with van der Waals surface area (Å²) in [5.41, 5.74) is -1.40. The van der Waals surface area contributed by atoms with Gasteiger partial charge < -0.3 is 29.4 Å². The maximum Gasteiger partial charge on any atom is 0.418 e. The Bertz CT molecular complexity index is 1470. The lowest BCUT2D eigenvalue weighted by atomic mass is 10.1. The van der Waals surface area contributed by atoms with Crippen LogP contribution in [0.3, 0.4) is 0 Å². The molecule has 4 rings (SSSR count). The fraction of sp³-hybridized carbons (Fsp3) is 0.562. The van der Waals surface area contributed by atoms with Crippen LogP contribution >= 0.6 is 11.8 Å². The molecule has 260 valence electrons. The molecule has 1 saturated heterocycles. The smallest absolute Gasteiger partial charge is 0.418 e. The molecule has 1 aromatic carbocycles. The first-order valence-electron chi connectivity index (χ1n) is 15.5. The number of fused-ring (bicyclic) bond motifs is 1. The van der Waals surface area contributed by atoms with Crippen LogP contribution in [0.25, 0.3) is 11.0 Å². The molecule has 2 N–H and O–H groups in total. The average Bonchev–Trinajstić information content (AvgIpc) is 3.37. The van der Waals surface area contributed by atoms with E-state index in [0.29, 0.717) is 37.2 Å². The van der Waals surface area contributed by atoms with Crippen molar-refractivity contribution in [2.45, 2.75) is 70.9 Å². The zero-order valence-electron chi connectivity index (χ0n) is 27.1. The van der Waals surface area contributed by atoms with E-state index in [1.807, 2.05) is 20.1 Å². The molecule has 9 nitrogen and oxygen atoms in total. The van der Waals surface area contributed by atoms with Crippen LogP contribution in [0.4, 0.5) is 32.4 Å². The number of aromatic nitrogens is 2. The number of amides is 2. The minimum absolute atomic E-state index is 0.117. The van der Waals surface area contributed by atoms with Gasteiger partial charge >= 0.3 is 12.2 Å². The molecule has 2 amide bonds. The van der Waals surface area contributed by atoms with E-state index < -0.39 is 46.3 Å². The average molecular weight is 688 g/mol. The van der Waals surface area contributed by atoms with Crippen molar-refractivity contribution in [1.29, 1.82) is 0 Å². The van der Waals surface area contributed by atoms with Gasteiger partial charge in [-0.3, -0.25) is 4.90 Å². The fourth-order valence-corrected chi connectivity index (χ4v) is 6.53. The van der Waals surface area contributed by atoms with Crippen LogP contribution in [-0.4, -0.2) is 77.0 Å². The summed E-state index contributed by atoms with van der Waals surface area (Å²) >= 11 is 1.70. The van der Waals surface area contributed by atoms with Gasteiger partial charge in [-0.25, -0.2) is 18.6 Å². The Morgan fingerprint density at radius 2 is 1.85 bits per heavy atom. The topological polar surface area (TPSA) is 89.9 Å². The minimum atomic E-state index is -4.82. The Kier molecular flexibility index (Phi) is 12.7. The standard InChI is InChI=1S/C32H42F5N5O4S/c1-19(2)27(47-5)8-12-44-18-42-17-23(32(35,36)37)28-26(7-10-38-30(28)42)46-29-24(33)13-22(14-25(29)34)40-31(43)39-9-6-11-41-15-20(3)45-21(4)16-41/h7,10,13-14,17,19-21,27H,6,8-9,11-12,15-16,18H2,1-5H3,(H2,39,40,43)/t20-,21-,27-/m1/s1. The first-order valence-corrected chi connectivity index (χ1v) is 16.8. The van der Waals surface area contributed by atoms with Crippen LogP contribution in [0.1, 0.15) is 46.1 Å². The molecule has 1 aliphatic heterocycles. The molecule has 1 aliphatic rings. The minimum Gasteiger partial charge on any atom is -0.450 e. The maximum atomic E-state index is 15.1. The molecule has 0 bridgehead atoms. The number of rotatable bonds is 14. The highest BCUT2D eigenvalue weighted by Crippen LogP contribution is 2.42. The largest absolute Gasteiger partial charge is 0.450 e. The number of carbonyl (C=O) groups excluding carboxylic acids is 1. The van der Waals surface area contributed by atoms with Gasteiger partial charge in [0.05, 0.1) is 23.2 Å². The number of halogens is 5. The molecule has 0 unspecified atom stereocenters. The Labute approximate surface area is 275 Å². The zero-order chi connectivity index (χ0) is 34.3. The van der Waals surface area contributed by atoms with Crippen LogP contribution in [0.2, 0.25) is 0 Å². The van der Waals surface area contributed by atoms with Gasteiger partial charge in [0, 0.05) is 68.2 Å². The molecule has 0 aliphatic carbocycles. The lowest BCUT2D eigenvalue weighted by Gasteiger charge is -2.35. The van der Waals surface area contributed by atoms with Crippen LogP contribution in [0.5, 0.6) is 11.5 Å². The second-order valence-electron chi connectivity index (χ2n) is 12.0. The number of morpholine rings is 1. The molecule has 1 fully saturated rings. The number of benzene rings is 1. The summed E-state index contributed by atoms with van der Waals surface area (Å²) in [5.74, 6) is -3.39. The van der Waals surface area contributed by atoms with Crippen molar-refractivity contribution in [2.24, 2.45) is 5.92 Å². The van der Waals surface area contributed by atoms with E-state index in [1.54, 1.807) is 11.8 Å². The van der Waals surface area contributed by atoms with Gasteiger partial charge in [-0.2, -0.15) is 24.9 Å². The van der Waals surface area contributed by atoms with Gasteiger partial charge in [0.25, 0.3) is 0 Å². The quantitative estimate of drug-likeness (QED) is 0.134. The predicted octanol–water partition coefficient (Wildman–Crippen LogP) is 7.50. The third kappa shape index (κ3) is 9.94. The maximum absolute atomic E-state index is 15.1. The number of hydrogen-bond acceptors (Lipinski definition) is 7. The summed E-state index contributed by atoms with van der Waals surface area (Å²) in [6.07, 6.45) is 0.837. The second kappa shape index (κ2) is 16.3. The number of hydrogen-bond donors (Lipinski definition) is 2. The number of nitrogens with one attached hydrogen (secondary N) is 2. The number of carbonyl (C=O) groups is 1. The summed E-state index contributed by atoms with van der Waals surface area (Å²) in [6.45, 7) is 11.0. The highest BCUT2D eigenvalue weighted by atomic mass is 32.2. The molecular formula is C32H42F5N5O4S. The summed E-state index contributed by atoms with van der Waals surface area (Å²) in [6, 6.07) is 2.10. The van der Waals surface area contributed by atoms with E-state index in [1.165, 1.54) is 10.8 Å². The van der Waals surface area contributed by atoms with Gasteiger partial charge in [0.15, 0.2) is 17.4 Å². The summed E-state index contributed by atoms with van der Waals surface area (Å²) in [7, 11) is 0. The molecule has 3 heterocycles. The van der Waals surface area contributed by atoms with E-state index in [4.69, 9.17) is 14.2 Å². The fourth-order valence-electron chi connectivity index (χ4n) is 5.66. The number of nitrogens with zero attached hydrogens (tertiary/aromatic N) is 3. The van der Waals surface area contributed by atoms with E-state index in [0.717, 1.165) is 44.0 Å². The van der Waals surface area contributed by atoms with E-state index in [9.17, 15) is 18.0 Å². The van der Waals surface area contributed by atoms with Crippen LogP contribution < -0.4 is 15.4 Å². The highest BCUT2D eigenvalue weighted by Gasteiger charge is 2.37. The molecule has 2 aromatic heterocycles. The lowest BCUT2D eigenvalue weighted by Crippen LogP contribution is -2.46. The Hall–Kier alpha value is -3.14. The Morgan fingerprint density at radius 1 is 1.17 bits per heavy atom. The van der Waals surface area contributed by atoms with Crippen LogP contribution in [0, 0.1) is 17.6 Å². The molecule has 0 spiro atoms. The summed E-state index contributed by atoms with van der Waals surface area (Å²) in [4.78, 5) is 18.7. The third-order valence-electron chi connectivity index (χ3n) is 7.75. The predicted molar refractivity (Wildman–Crippen MR) is 172 cm³/mol. The van der Waals surface area contributed by atoms with Crippen LogP contribution in [-0.2, 0) is 22.4 Å². The molecule has 3 aromatic rings. The third-order valence-corrected chi connectivity index (χ3v) is 9.13. The molecule has 15 heteroatoms. The molecule has 3 atom stereocenters. The molecular weight excluding hydrogens is 645 g/mol. The van der Waals surface area contributed by atoms with E-state index in [2.05, 4.69) is 34.4 Å². The van der Waals surface area contributed by atoms with Gasteiger partial charge in [-0.15, -0.1) is 0 Å². The van der Waals surface area contributed by atoms with Crippen molar-refractivity contribution in [1.82, 2.24) is 19.8 Å². The number of urea groups is 1. The Balaban J connectivity index is 1.42. The summed E-state index contributed by atoms with van der Waals surface area (Å²) in [5, 5.41) is 4.89. The monoisotopic (exact) mass is 687 g/mol. The van der Waals surface area contributed by atoms with Crippen molar-refractivity contribution in [3.05, 3.63) is 47.8 Å². The highest BCUT2D eigenvalue weighted by molar-refractivity contribution is 7.99. The van der Waals surface area contributed by atoms with Crippen molar-refractivity contribution < 1.29 is 41.0 Å². The van der Waals surface area contributed by atoms with Gasteiger partial charge in [-0.1, -0.05) is 13.8 Å². The summed E-state index contributed by atoms with van der Waals surface area (Å²) < 4.78 is 90.5. The van der Waals surface area contributed by atoms with Crippen molar-refractivity contribution in [3.8, 4) is 11.5 Å². The normalized spacial score (nSPS) is 18.1. The van der Waals surface area contributed by atoms with E-state index >= 15 is 8.78 Å². The Morgan fingerprint density at radius 3 is 2.47 bits per heavy atom. The van der Waals surface area contributed by atoms with Crippen molar-refractivity contribution in [2.75, 3.05) is 44.4 Å². The van der Waals surface area contributed by atoms with Gasteiger partial charge in [0.1, 0.15) is 18.1 Å². The second-order valence-corrected chi connectivity index (χ2v) is 13.1. The molecule has 0 saturated carbocycles. The van der Waals surface area contributed by atoms with Crippen molar-refractivity contribution >= 4 is 34.5 Å². The number of ether oxygens (including phenoxy) is 3. The molecule has 47 heavy (non-hydrogen) atoms. The van der Waals surface area contributed by atoms with Gasteiger partial charge in [0.2, 0.25) is 0 Å². The zero-order valence-corrected chi connectivity index (χ0v) is 27.9. The first kappa shape index (κ1) is 36.7. The molecule has 0 radical (unpaired) electrons. The number of alkyl halides is 3. The van der Waals surface area contributed by atoms with E-state index in [-0.39, 0.29) is 30.3 Å². The van der Waals surface area contributed by atoms with Gasteiger partial charge in [-0.05, 0) is 44.9 Å². The lowest BCUT2D eigenvalue weighted by molar-refractivity contribution is -0.136. The van der Waals surface area contributed by atoms with Crippen LogP contribution in [0.15, 0.2) is 30.6 Å². The SMILES string of the molecule is CS[C@H](CCOCn1cc(C(F)(F)F)c2c(Oc3c(F)cc(NC(=O)NCCCN4C[C@@H](C)O[C@H](C)C4)cc3F)ccnc21)C(C)C. The number of anilines is 1. The number of thioether (sulfide) groups is 1. The van der Waals surface area contributed by atoms with Crippen molar-refractivity contribution in [3.63, 3.8) is 0 Å².